The van der Waals surface area contributed by atoms with Gasteiger partial charge in [-0.25, -0.2) is 9.97 Å². The summed E-state index contributed by atoms with van der Waals surface area (Å²) in [4.78, 5) is 8.16. The van der Waals surface area contributed by atoms with E-state index in [0.29, 0.717) is 18.2 Å². The highest BCUT2D eigenvalue weighted by molar-refractivity contribution is 5.22. The monoisotopic (exact) mass is 193 g/mol. The highest BCUT2D eigenvalue weighted by Gasteiger charge is 2.21. The van der Waals surface area contributed by atoms with Crippen molar-refractivity contribution in [3.05, 3.63) is 18.5 Å². The molecule has 1 saturated heterocycles. The van der Waals surface area contributed by atoms with Crippen LogP contribution in [0.15, 0.2) is 18.5 Å². The van der Waals surface area contributed by atoms with Gasteiger partial charge in [-0.2, -0.15) is 0 Å². The van der Waals surface area contributed by atoms with Gasteiger partial charge in [0.2, 0.25) is 5.95 Å². The van der Waals surface area contributed by atoms with Crippen LogP contribution in [0.2, 0.25) is 0 Å². The van der Waals surface area contributed by atoms with Gasteiger partial charge in [-0.3, -0.25) is 0 Å². The molecular weight excluding hydrogens is 178 g/mol. The Balaban J connectivity index is 1.78. The minimum atomic E-state index is 0.314. The number of anilines is 1. The predicted octanol–water partition coefficient (Wildman–Crippen LogP) is 1.46. The van der Waals surface area contributed by atoms with E-state index >= 15 is 0 Å². The molecule has 1 aliphatic heterocycles. The van der Waals surface area contributed by atoms with Gasteiger partial charge in [0, 0.05) is 18.9 Å². The van der Waals surface area contributed by atoms with Crippen molar-refractivity contribution in [2.75, 3.05) is 11.9 Å². The van der Waals surface area contributed by atoms with Crippen LogP contribution in [0, 0.1) is 0 Å². The third-order valence-corrected chi connectivity index (χ3v) is 2.37. The molecule has 0 aliphatic carbocycles. The first kappa shape index (κ1) is 9.40. The van der Waals surface area contributed by atoms with Crippen LogP contribution < -0.4 is 5.32 Å². The Morgan fingerprint density at radius 1 is 1.43 bits per heavy atom. The van der Waals surface area contributed by atoms with Crippen molar-refractivity contribution in [1.29, 1.82) is 0 Å². The SMILES string of the molecule is CC1CCC(CNc2ncccn2)O1. The Hall–Kier alpha value is -1.16. The standard InChI is InChI=1S/C10H15N3O/c1-8-3-4-9(14-8)7-13-10-11-5-2-6-12-10/h2,5-6,8-9H,3-4,7H2,1H3,(H,11,12,13). The Labute approximate surface area is 83.7 Å². The van der Waals surface area contributed by atoms with Crippen LogP contribution >= 0.6 is 0 Å². The summed E-state index contributed by atoms with van der Waals surface area (Å²) in [5, 5.41) is 3.16. The van der Waals surface area contributed by atoms with Gasteiger partial charge >= 0.3 is 0 Å². The van der Waals surface area contributed by atoms with E-state index in [1.807, 2.05) is 0 Å². The maximum Gasteiger partial charge on any atom is 0.222 e. The molecule has 0 bridgehead atoms. The minimum absolute atomic E-state index is 0.314. The quantitative estimate of drug-likeness (QED) is 0.789. The van der Waals surface area contributed by atoms with Crippen molar-refractivity contribution < 1.29 is 4.74 Å². The zero-order chi connectivity index (χ0) is 9.80. The number of hydrogen-bond acceptors (Lipinski definition) is 4. The fourth-order valence-electron chi connectivity index (χ4n) is 1.63. The number of rotatable bonds is 3. The highest BCUT2D eigenvalue weighted by atomic mass is 16.5. The number of nitrogens with one attached hydrogen (secondary N) is 1. The Kier molecular flexibility index (Phi) is 2.93. The van der Waals surface area contributed by atoms with Gasteiger partial charge in [-0.15, -0.1) is 0 Å². The molecule has 0 spiro atoms. The van der Waals surface area contributed by atoms with Crippen molar-refractivity contribution in [2.24, 2.45) is 0 Å². The van der Waals surface area contributed by atoms with E-state index < -0.39 is 0 Å². The lowest BCUT2D eigenvalue weighted by Gasteiger charge is -2.11. The van der Waals surface area contributed by atoms with Crippen LogP contribution in [0.1, 0.15) is 19.8 Å². The lowest BCUT2D eigenvalue weighted by molar-refractivity contribution is 0.0636. The molecule has 0 aromatic carbocycles. The second kappa shape index (κ2) is 4.37. The van der Waals surface area contributed by atoms with E-state index in [4.69, 9.17) is 4.74 Å². The molecule has 1 aliphatic rings. The normalized spacial score (nSPS) is 26.4. The topological polar surface area (TPSA) is 47.0 Å². The fourth-order valence-corrected chi connectivity index (χ4v) is 1.63. The van der Waals surface area contributed by atoms with E-state index in [0.717, 1.165) is 19.4 Å². The summed E-state index contributed by atoms with van der Waals surface area (Å²) in [5.74, 6) is 0.677. The Bertz CT molecular complexity index is 278. The van der Waals surface area contributed by atoms with Crippen LogP contribution in [-0.2, 0) is 4.74 Å². The Morgan fingerprint density at radius 3 is 2.86 bits per heavy atom. The summed E-state index contributed by atoms with van der Waals surface area (Å²) >= 11 is 0. The molecule has 2 unspecified atom stereocenters. The maximum absolute atomic E-state index is 5.66. The molecule has 76 valence electrons. The second-order valence-corrected chi connectivity index (χ2v) is 3.60. The van der Waals surface area contributed by atoms with E-state index in [-0.39, 0.29) is 0 Å². The van der Waals surface area contributed by atoms with Crippen LogP contribution in [0.4, 0.5) is 5.95 Å². The van der Waals surface area contributed by atoms with Crippen molar-refractivity contribution in [2.45, 2.75) is 32.0 Å². The van der Waals surface area contributed by atoms with Crippen molar-refractivity contribution >= 4 is 5.95 Å². The molecule has 0 amide bonds. The van der Waals surface area contributed by atoms with E-state index in [1.165, 1.54) is 0 Å². The summed E-state index contributed by atoms with van der Waals surface area (Å²) < 4.78 is 5.66. The van der Waals surface area contributed by atoms with Gasteiger partial charge in [0.25, 0.3) is 0 Å². The molecule has 1 aromatic heterocycles. The number of hydrogen-bond donors (Lipinski definition) is 1. The smallest absolute Gasteiger partial charge is 0.222 e. The molecule has 4 nitrogen and oxygen atoms in total. The molecule has 1 fully saturated rings. The molecule has 0 radical (unpaired) electrons. The van der Waals surface area contributed by atoms with Crippen LogP contribution in [0.5, 0.6) is 0 Å². The first-order valence-corrected chi connectivity index (χ1v) is 5.01. The molecule has 2 rings (SSSR count). The number of ether oxygens (including phenoxy) is 1. The molecule has 2 heterocycles. The van der Waals surface area contributed by atoms with Gasteiger partial charge in [0.1, 0.15) is 0 Å². The summed E-state index contributed by atoms with van der Waals surface area (Å²) in [7, 11) is 0. The predicted molar refractivity (Wildman–Crippen MR) is 54.1 cm³/mol. The molecular formula is C10H15N3O. The number of nitrogens with zero attached hydrogens (tertiary/aromatic N) is 2. The second-order valence-electron chi connectivity index (χ2n) is 3.60. The first-order valence-electron chi connectivity index (χ1n) is 5.01. The third-order valence-electron chi connectivity index (χ3n) is 2.37. The van der Waals surface area contributed by atoms with Gasteiger partial charge in [0.05, 0.1) is 12.2 Å². The van der Waals surface area contributed by atoms with Crippen molar-refractivity contribution in [3.63, 3.8) is 0 Å². The van der Waals surface area contributed by atoms with Crippen LogP contribution in [0.3, 0.4) is 0 Å². The summed E-state index contributed by atoms with van der Waals surface area (Å²) in [6.45, 7) is 2.91. The average molecular weight is 193 g/mol. The molecule has 14 heavy (non-hydrogen) atoms. The van der Waals surface area contributed by atoms with Gasteiger partial charge in [-0.1, -0.05) is 0 Å². The summed E-state index contributed by atoms with van der Waals surface area (Å²) in [6, 6.07) is 1.80. The molecule has 0 saturated carbocycles. The van der Waals surface area contributed by atoms with Crippen molar-refractivity contribution in [1.82, 2.24) is 9.97 Å². The Morgan fingerprint density at radius 2 is 2.21 bits per heavy atom. The number of aromatic nitrogens is 2. The van der Waals surface area contributed by atoms with Gasteiger partial charge in [-0.05, 0) is 25.8 Å². The largest absolute Gasteiger partial charge is 0.373 e. The molecule has 1 aromatic rings. The lowest BCUT2D eigenvalue weighted by atomic mass is 10.2. The summed E-state index contributed by atoms with van der Waals surface area (Å²) in [5.41, 5.74) is 0. The van der Waals surface area contributed by atoms with Crippen molar-refractivity contribution in [3.8, 4) is 0 Å². The molecule has 2 atom stereocenters. The first-order chi connectivity index (χ1) is 6.84. The fraction of sp³-hybridized carbons (Fsp3) is 0.600. The van der Waals surface area contributed by atoms with Gasteiger partial charge < -0.3 is 10.1 Å². The highest BCUT2D eigenvalue weighted by Crippen LogP contribution is 2.18. The van der Waals surface area contributed by atoms with Crippen LogP contribution in [0.25, 0.3) is 0 Å². The summed E-state index contributed by atoms with van der Waals surface area (Å²) in [6.07, 6.45) is 6.46. The zero-order valence-electron chi connectivity index (χ0n) is 8.31. The minimum Gasteiger partial charge on any atom is -0.373 e. The average Bonchev–Trinajstić information content (AvgIpc) is 2.63. The molecule has 1 N–H and O–H groups in total. The van der Waals surface area contributed by atoms with E-state index in [1.54, 1.807) is 18.5 Å². The van der Waals surface area contributed by atoms with E-state index in [9.17, 15) is 0 Å². The molecule has 4 heteroatoms. The van der Waals surface area contributed by atoms with E-state index in [2.05, 4.69) is 22.2 Å². The third kappa shape index (κ3) is 2.42. The zero-order valence-corrected chi connectivity index (χ0v) is 8.31. The lowest BCUT2D eigenvalue weighted by Crippen LogP contribution is -2.20. The van der Waals surface area contributed by atoms with Gasteiger partial charge in [0.15, 0.2) is 0 Å². The van der Waals surface area contributed by atoms with Crippen LogP contribution in [-0.4, -0.2) is 28.7 Å². The maximum atomic E-state index is 5.66.